The molecule has 72 valence electrons. The van der Waals surface area contributed by atoms with Gasteiger partial charge in [0, 0.05) is 6.42 Å². The van der Waals surface area contributed by atoms with E-state index in [0.29, 0.717) is 0 Å². The maximum Gasteiger partial charge on any atom is 0.111 e. The summed E-state index contributed by atoms with van der Waals surface area (Å²) in [6.45, 7) is 2.15. The molecule has 0 bridgehead atoms. The van der Waals surface area contributed by atoms with Crippen LogP contribution >= 0.6 is 0 Å². The minimum Gasteiger partial charge on any atom is -0.469 e. The van der Waals surface area contributed by atoms with Crippen molar-refractivity contribution in [3.05, 3.63) is 59.5 Å². The predicted octanol–water partition coefficient (Wildman–Crippen LogP) is 3.43. The molecule has 0 saturated heterocycles. The zero-order chi connectivity index (χ0) is 9.80. The van der Waals surface area contributed by atoms with E-state index in [0.717, 1.165) is 18.6 Å². The summed E-state index contributed by atoms with van der Waals surface area (Å²) in [4.78, 5) is 0. The van der Waals surface area contributed by atoms with E-state index in [4.69, 9.17) is 4.42 Å². The zero-order valence-corrected chi connectivity index (χ0v) is 8.36. The van der Waals surface area contributed by atoms with Crippen LogP contribution in [0.2, 0.25) is 0 Å². The summed E-state index contributed by atoms with van der Waals surface area (Å²) in [6, 6.07) is 12.5. The van der Waals surface area contributed by atoms with Crippen LogP contribution in [-0.4, -0.2) is 0 Å². The van der Waals surface area contributed by atoms with Gasteiger partial charge in [0.05, 0.1) is 6.26 Å². The van der Waals surface area contributed by atoms with Gasteiger partial charge in [-0.05, 0) is 23.6 Å². The number of hydrogen-bond acceptors (Lipinski definition) is 1. The molecule has 0 spiro atoms. The molecule has 0 aliphatic carbocycles. The summed E-state index contributed by atoms with van der Waals surface area (Å²) in [5, 5.41) is 0. The minimum atomic E-state index is 0.900. The van der Waals surface area contributed by atoms with E-state index in [-0.39, 0.29) is 0 Å². The van der Waals surface area contributed by atoms with E-state index in [9.17, 15) is 0 Å². The summed E-state index contributed by atoms with van der Waals surface area (Å²) in [5.41, 5.74) is 2.62. The monoisotopic (exact) mass is 186 g/mol. The molecule has 1 heteroatoms. The lowest BCUT2D eigenvalue weighted by Gasteiger charge is -2.00. The van der Waals surface area contributed by atoms with Crippen LogP contribution < -0.4 is 0 Å². The zero-order valence-electron chi connectivity index (χ0n) is 8.36. The molecule has 1 aromatic carbocycles. The third kappa shape index (κ3) is 1.87. The van der Waals surface area contributed by atoms with Crippen molar-refractivity contribution in [2.45, 2.75) is 19.8 Å². The Labute approximate surface area is 84.4 Å². The number of benzene rings is 1. The second-order valence-electron chi connectivity index (χ2n) is 3.38. The van der Waals surface area contributed by atoms with Gasteiger partial charge in [0.2, 0.25) is 0 Å². The first-order chi connectivity index (χ1) is 6.90. The second-order valence-corrected chi connectivity index (χ2v) is 3.38. The van der Waals surface area contributed by atoms with Gasteiger partial charge in [-0.25, -0.2) is 0 Å². The molecule has 0 amide bonds. The molecular formula is C13H14O. The molecule has 0 saturated carbocycles. The Morgan fingerprint density at radius 1 is 1.07 bits per heavy atom. The maximum absolute atomic E-state index is 5.46. The Morgan fingerprint density at radius 2 is 1.86 bits per heavy atom. The number of furan rings is 1. The van der Waals surface area contributed by atoms with Gasteiger partial charge in [-0.3, -0.25) is 0 Å². The molecule has 0 aliphatic rings. The fraction of sp³-hybridized carbons (Fsp3) is 0.231. The van der Waals surface area contributed by atoms with Gasteiger partial charge in [0.1, 0.15) is 5.76 Å². The first-order valence-corrected chi connectivity index (χ1v) is 4.99. The van der Waals surface area contributed by atoms with Crippen molar-refractivity contribution in [2.75, 3.05) is 0 Å². The van der Waals surface area contributed by atoms with Gasteiger partial charge >= 0.3 is 0 Å². The Balaban J connectivity index is 2.19. The van der Waals surface area contributed by atoms with E-state index < -0.39 is 0 Å². The van der Waals surface area contributed by atoms with Gasteiger partial charge in [-0.2, -0.15) is 0 Å². The fourth-order valence-corrected chi connectivity index (χ4v) is 1.62. The summed E-state index contributed by atoms with van der Waals surface area (Å²) >= 11 is 0. The smallest absolute Gasteiger partial charge is 0.111 e. The Hall–Kier alpha value is -1.50. The Bertz CT molecular complexity index is 387. The van der Waals surface area contributed by atoms with Crippen molar-refractivity contribution >= 4 is 0 Å². The highest BCUT2D eigenvalue weighted by Gasteiger charge is 2.04. The van der Waals surface area contributed by atoms with Crippen LogP contribution in [0.3, 0.4) is 0 Å². The van der Waals surface area contributed by atoms with Gasteiger partial charge in [0.25, 0.3) is 0 Å². The van der Waals surface area contributed by atoms with Gasteiger partial charge in [0.15, 0.2) is 0 Å². The topological polar surface area (TPSA) is 13.1 Å². The van der Waals surface area contributed by atoms with Crippen LogP contribution in [0.5, 0.6) is 0 Å². The van der Waals surface area contributed by atoms with Crippen LogP contribution in [-0.2, 0) is 12.8 Å². The highest BCUT2D eigenvalue weighted by molar-refractivity contribution is 5.25. The SMILES string of the molecule is CCc1ccoc1Cc1ccccc1. The van der Waals surface area contributed by atoms with Crippen molar-refractivity contribution < 1.29 is 4.42 Å². The van der Waals surface area contributed by atoms with Crippen molar-refractivity contribution in [1.29, 1.82) is 0 Å². The molecule has 0 radical (unpaired) electrons. The average Bonchev–Trinajstić information content (AvgIpc) is 2.67. The van der Waals surface area contributed by atoms with Crippen molar-refractivity contribution in [3.8, 4) is 0 Å². The van der Waals surface area contributed by atoms with E-state index in [1.165, 1.54) is 11.1 Å². The highest BCUT2D eigenvalue weighted by Crippen LogP contribution is 2.15. The lowest BCUT2D eigenvalue weighted by Crippen LogP contribution is -1.89. The molecule has 0 fully saturated rings. The lowest BCUT2D eigenvalue weighted by atomic mass is 10.1. The van der Waals surface area contributed by atoms with E-state index >= 15 is 0 Å². The molecule has 0 aliphatic heterocycles. The summed E-state index contributed by atoms with van der Waals surface area (Å²) in [7, 11) is 0. The van der Waals surface area contributed by atoms with Crippen LogP contribution in [0.15, 0.2) is 47.1 Å². The van der Waals surface area contributed by atoms with E-state index in [1.54, 1.807) is 6.26 Å². The number of rotatable bonds is 3. The molecule has 14 heavy (non-hydrogen) atoms. The minimum absolute atomic E-state index is 0.900. The third-order valence-corrected chi connectivity index (χ3v) is 2.43. The summed E-state index contributed by atoms with van der Waals surface area (Å²) in [5.74, 6) is 1.10. The molecule has 1 aromatic heterocycles. The van der Waals surface area contributed by atoms with Crippen LogP contribution in [0.25, 0.3) is 0 Å². The van der Waals surface area contributed by atoms with Crippen molar-refractivity contribution in [2.24, 2.45) is 0 Å². The quantitative estimate of drug-likeness (QED) is 0.715. The van der Waals surface area contributed by atoms with Gasteiger partial charge in [-0.15, -0.1) is 0 Å². The Morgan fingerprint density at radius 3 is 2.57 bits per heavy atom. The van der Waals surface area contributed by atoms with Crippen molar-refractivity contribution in [1.82, 2.24) is 0 Å². The molecule has 2 rings (SSSR count). The van der Waals surface area contributed by atoms with E-state index in [2.05, 4.69) is 37.3 Å². The first kappa shape index (κ1) is 9.07. The first-order valence-electron chi connectivity index (χ1n) is 4.99. The molecule has 0 N–H and O–H groups in total. The van der Waals surface area contributed by atoms with Gasteiger partial charge < -0.3 is 4.42 Å². The second kappa shape index (κ2) is 4.14. The van der Waals surface area contributed by atoms with Crippen molar-refractivity contribution in [3.63, 3.8) is 0 Å². The standard InChI is InChI=1S/C13H14O/c1-2-12-8-9-14-13(12)10-11-6-4-3-5-7-11/h3-9H,2,10H2,1H3. The molecule has 2 aromatic rings. The predicted molar refractivity (Wildman–Crippen MR) is 57.3 cm³/mol. The van der Waals surface area contributed by atoms with Crippen LogP contribution in [0.1, 0.15) is 23.8 Å². The molecular weight excluding hydrogens is 172 g/mol. The largest absolute Gasteiger partial charge is 0.469 e. The maximum atomic E-state index is 5.46. The molecule has 0 atom stereocenters. The average molecular weight is 186 g/mol. The Kier molecular flexibility index (Phi) is 2.68. The van der Waals surface area contributed by atoms with Gasteiger partial charge in [-0.1, -0.05) is 37.3 Å². The lowest BCUT2D eigenvalue weighted by molar-refractivity contribution is 0.516. The molecule has 0 unspecified atom stereocenters. The normalized spacial score (nSPS) is 10.4. The molecule has 1 heterocycles. The number of hydrogen-bond donors (Lipinski definition) is 0. The van der Waals surface area contributed by atoms with Crippen LogP contribution in [0.4, 0.5) is 0 Å². The fourth-order valence-electron chi connectivity index (χ4n) is 1.62. The number of aryl methyl sites for hydroxylation is 1. The molecule has 1 nitrogen and oxygen atoms in total. The highest BCUT2D eigenvalue weighted by atomic mass is 16.3. The van der Waals surface area contributed by atoms with Crippen LogP contribution in [0, 0.1) is 0 Å². The van der Waals surface area contributed by atoms with E-state index in [1.807, 2.05) is 6.07 Å². The third-order valence-electron chi connectivity index (χ3n) is 2.43. The summed E-state index contributed by atoms with van der Waals surface area (Å²) in [6.07, 6.45) is 3.72. The summed E-state index contributed by atoms with van der Waals surface area (Å²) < 4.78 is 5.46.